The van der Waals surface area contributed by atoms with E-state index in [-0.39, 0.29) is 6.42 Å². The maximum atomic E-state index is 12.4. The maximum absolute atomic E-state index is 12.4. The highest BCUT2D eigenvalue weighted by atomic mass is 16.5. The molecule has 0 aliphatic carbocycles. The Balaban J connectivity index is 1.72. The van der Waals surface area contributed by atoms with Gasteiger partial charge in [0.05, 0.1) is 30.4 Å². The number of hydrogen-bond donors (Lipinski definition) is 0. The van der Waals surface area contributed by atoms with E-state index >= 15 is 0 Å². The van der Waals surface area contributed by atoms with Crippen molar-refractivity contribution in [2.45, 2.75) is 12.3 Å². The molecule has 2 heterocycles. The van der Waals surface area contributed by atoms with Gasteiger partial charge in [0.2, 0.25) is 0 Å². The van der Waals surface area contributed by atoms with Gasteiger partial charge in [0, 0.05) is 17.2 Å². The second kappa shape index (κ2) is 6.94. The summed E-state index contributed by atoms with van der Waals surface area (Å²) in [5.74, 6) is -0.120. The molecule has 136 valence electrons. The van der Waals surface area contributed by atoms with E-state index in [2.05, 4.69) is 12.1 Å². The molecule has 4 aromatic rings. The van der Waals surface area contributed by atoms with Crippen molar-refractivity contribution in [3.63, 3.8) is 0 Å². The monoisotopic (exact) mass is 370 g/mol. The Hall–Kier alpha value is -4.03. The van der Waals surface area contributed by atoms with E-state index in [4.69, 9.17) is 24.1 Å². The average Bonchev–Trinajstić information content (AvgIpc) is 3.33. The number of nitriles is 2. The summed E-state index contributed by atoms with van der Waals surface area (Å²) in [4.78, 5) is 12.4. The largest absolute Gasteiger partial charge is 0.468 e. The Morgan fingerprint density at radius 2 is 1.71 bits per heavy atom. The minimum Gasteiger partial charge on any atom is -0.468 e. The van der Waals surface area contributed by atoms with Crippen LogP contribution in [0.4, 0.5) is 0 Å². The number of ether oxygens (including phenoxy) is 1. The van der Waals surface area contributed by atoms with Crippen molar-refractivity contribution < 1.29 is 18.4 Å². The Bertz CT molecular complexity index is 1280. The van der Waals surface area contributed by atoms with Crippen LogP contribution in [0.5, 0.6) is 0 Å². The molecule has 0 aliphatic heterocycles. The topological polar surface area (TPSA) is 100 Å². The summed E-state index contributed by atoms with van der Waals surface area (Å²) in [5.41, 5.74) is 2.19. The summed E-state index contributed by atoms with van der Waals surface area (Å²) < 4.78 is 16.6. The van der Waals surface area contributed by atoms with Crippen LogP contribution in [0.2, 0.25) is 0 Å². The first-order valence-corrected chi connectivity index (χ1v) is 8.55. The lowest BCUT2D eigenvalue weighted by molar-refractivity contribution is -0.142. The van der Waals surface area contributed by atoms with Gasteiger partial charge >= 0.3 is 5.97 Å². The molecule has 0 fully saturated rings. The predicted octanol–water partition coefficient (Wildman–Crippen LogP) is 4.42. The van der Waals surface area contributed by atoms with E-state index in [0.717, 1.165) is 10.8 Å². The van der Waals surface area contributed by atoms with Gasteiger partial charge in [0.25, 0.3) is 0 Å². The number of hydrogen-bond acceptors (Lipinski definition) is 6. The fourth-order valence-electron chi connectivity index (χ4n) is 3.20. The number of carbonyl (C=O) groups is 1. The number of esters is 1. The SMILES string of the molecule is COC(=O)C(Cc1cc2ccc(C#N)cc2o1)c1cc2cc(C#N)ccc2o1. The van der Waals surface area contributed by atoms with Crippen LogP contribution in [-0.4, -0.2) is 13.1 Å². The number of nitrogens with zero attached hydrogens (tertiary/aromatic N) is 2. The molecule has 6 nitrogen and oxygen atoms in total. The van der Waals surface area contributed by atoms with E-state index in [9.17, 15) is 4.79 Å². The van der Waals surface area contributed by atoms with E-state index < -0.39 is 11.9 Å². The number of furan rings is 2. The lowest BCUT2D eigenvalue weighted by atomic mass is 10.0. The van der Waals surface area contributed by atoms with Gasteiger partial charge in [-0.15, -0.1) is 0 Å². The first-order valence-electron chi connectivity index (χ1n) is 8.55. The van der Waals surface area contributed by atoms with Gasteiger partial charge < -0.3 is 13.6 Å². The molecule has 0 spiro atoms. The van der Waals surface area contributed by atoms with Crippen molar-refractivity contribution in [1.29, 1.82) is 10.5 Å². The van der Waals surface area contributed by atoms with Crippen molar-refractivity contribution in [2.75, 3.05) is 7.11 Å². The molecule has 28 heavy (non-hydrogen) atoms. The molecule has 0 amide bonds. The zero-order chi connectivity index (χ0) is 19.7. The number of rotatable bonds is 4. The molecule has 0 saturated carbocycles. The molecule has 0 N–H and O–H groups in total. The van der Waals surface area contributed by atoms with Crippen LogP contribution in [0.25, 0.3) is 21.9 Å². The van der Waals surface area contributed by atoms with Gasteiger partial charge in [-0.2, -0.15) is 10.5 Å². The maximum Gasteiger partial charge on any atom is 0.316 e. The van der Waals surface area contributed by atoms with Crippen molar-refractivity contribution >= 4 is 27.9 Å². The van der Waals surface area contributed by atoms with Crippen LogP contribution in [-0.2, 0) is 16.0 Å². The van der Waals surface area contributed by atoms with Crippen molar-refractivity contribution in [1.82, 2.24) is 0 Å². The van der Waals surface area contributed by atoms with Gasteiger partial charge in [-0.25, -0.2) is 0 Å². The third-order valence-electron chi connectivity index (χ3n) is 4.60. The zero-order valence-corrected chi connectivity index (χ0v) is 14.9. The van der Waals surface area contributed by atoms with E-state index in [1.807, 2.05) is 6.07 Å². The summed E-state index contributed by atoms with van der Waals surface area (Å²) in [6, 6.07) is 18.0. The Morgan fingerprint density at radius 1 is 0.964 bits per heavy atom. The summed E-state index contributed by atoms with van der Waals surface area (Å²) in [6.45, 7) is 0. The molecular weight excluding hydrogens is 356 g/mol. The number of carbonyl (C=O) groups excluding carboxylic acids is 1. The normalized spacial score (nSPS) is 11.8. The van der Waals surface area contributed by atoms with Crippen LogP contribution in [0.3, 0.4) is 0 Å². The Labute approximate surface area is 160 Å². The summed E-state index contributed by atoms with van der Waals surface area (Å²) in [5, 5.41) is 19.7. The lowest BCUT2D eigenvalue weighted by Gasteiger charge is -2.10. The standard InChI is InChI=1S/C22H14N2O4/c1-26-22(25)18(21-9-16-6-13(11-23)3-5-19(16)28-21)10-17-8-15-4-2-14(12-24)7-20(15)27-17/h2-9,18H,10H2,1H3. The third-order valence-corrected chi connectivity index (χ3v) is 4.60. The molecule has 1 atom stereocenters. The molecule has 2 aromatic heterocycles. The minimum atomic E-state index is -0.695. The van der Waals surface area contributed by atoms with Crippen LogP contribution in [0, 0.1) is 22.7 Å². The van der Waals surface area contributed by atoms with Crippen LogP contribution >= 0.6 is 0 Å². The van der Waals surface area contributed by atoms with Crippen LogP contribution < -0.4 is 0 Å². The van der Waals surface area contributed by atoms with Gasteiger partial charge in [-0.1, -0.05) is 0 Å². The average molecular weight is 370 g/mol. The minimum absolute atomic E-state index is 0.244. The van der Waals surface area contributed by atoms with Crippen molar-refractivity contribution in [3.8, 4) is 12.1 Å². The van der Waals surface area contributed by atoms with Crippen molar-refractivity contribution in [3.05, 3.63) is 71.2 Å². The molecule has 6 heteroatoms. The Kier molecular flexibility index (Phi) is 4.31. The molecule has 4 rings (SSSR count). The van der Waals surface area contributed by atoms with Crippen LogP contribution in [0.1, 0.15) is 28.6 Å². The van der Waals surface area contributed by atoms with E-state index in [0.29, 0.717) is 33.8 Å². The van der Waals surface area contributed by atoms with E-state index in [1.54, 1.807) is 42.5 Å². The number of benzene rings is 2. The first kappa shape index (κ1) is 17.4. The number of methoxy groups -OCH3 is 1. The second-order valence-electron chi connectivity index (χ2n) is 6.37. The fraction of sp³-hybridized carbons (Fsp3) is 0.136. The molecule has 0 saturated heterocycles. The molecule has 0 radical (unpaired) electrons. The molecule has 0 aliphatic rings. The highest BCUT2D eigenvalue weighted by Crippen LogP contribution is 2.31. The Morgan fingerprint density at radius 3 is 2.46 bits per heavy atom. The van der Waals surface area contributed by atoms with Crippen molar-refractivity contribution in [2.24, 2.45) is 0 Å². The second-order valence-corrected chi connectivity index (χ2v) is 6.37. The highest BCUT2D eigenvalue weighted by molar-refractivity contribution is 5.84. The smallest absolute Gasteiger partial charge is 0.316 e. The van der Waals surface area contributed by atoms with Gasteiger partial charge in [0.15, 0.2) is 0 Å². The molecular formula is C22H14N2O4. The quantitative estimate of drug-likeness (QED) is 0.493. The molecule has 0 bridgehead atoms. The third kappa shape index (κ3) is 3.08. The van der Waals surface area contributed by atoms with E-state index in [1.165, 1.54) is 7.11 Å². The van der Waals surface area contributed by atoms with Gasteiger partial charge in [-0.05, 0) is 48.5 Å². The molecule has 2 aromatic carbocycles. The summed E-state index contributed by atoms with van der Waals surface area (Å²) >= 11 is 0. The zero-order valence-electron chi connectivity index (χ0n) is 14.9. The summed E-state index contributed by atoms with van der Waals surface area (Å²) in [7, 11) is 1.32. The predicted molar refractivity (Wildman–Crippen MR) is 100 cm³/mol. The molecule has 1 unspecified atom stereocenters. The van der Waals surface area contributed by atoms with Gasteiger partial charge in [-0.3, -0.25) is 4.79 Å². The van der Waals surface area contributed by atoms with Crippen LogP contribution in [0.15, 0.2) is 57.4 Å². The fourth-order valence-corrected chi connectivity index (χ4v) is 3.20. The summed E-state index contributed by atoms with van der Waals surface area (Å²) in [6.07, 6.45) is 0.244. The highest BCUT2D eigenvalue weighted by Gasteiger charge is 2.27. The number of fused-ring (bicyclic) bond motifs is 2. The first-order chi connectivity index (χ1) is 13.6. The van der Waals surface area contributed by atoms with Gasteiger partial charge in [0.1, 0.15) is 28.6 Å². The lowest BCUT2D eigenvalue weighted by Crippen LogP contribution is -2.16.